The lowest BCUT2D eigenvalue weighted by atomic mass is 9.92. The van der Waals surface area contributed by atoms with Gasteiger partial charge in [0.15, 0.2) is 0 Å². The van der Waals surface area contributed by atoms with E-state index < -0.39 is 0 Å². The van der Waals surface area contributed by atoms with E-state index in [-0.39, 0.29) is 17.9 Å². The quantitative estimate of drug-likeness (QED) is 0.590. The van der Waals surface area contributed by atoms with Crippen molar-refractivity contribution < 1.29 is 9.53 Å². The van der Waals surface area contributed by atoms with E-state index in [1.807, 2.05) is 0 Å². The molecule has 0 aromatic rings. The highest BCUT2D eigenvalue weighted by molar-refractivity contribution is 5.69. The van der Waals surface area contributed by atoms with Crippen molar-refractivity contribution in [3.8, 4) is 0 Å². The first kappa shape index (κ1) is 10.5. The molecule has 0 aromatic heterocycles. The first-order valence-corrected chi connectivity index (χ1v) is 4.77. The van der Waals surface area contributed by atoms with Crippen molar-refractivity contribution in [3.05, 3.63) is 0 Å². The SMILES string of the molecule is COC(=O)C[C@H]1CCNCC[C@H]1N. The smallest absolute Gasteiger partial charge is 0.305 e. The predicted octanol–water partition coefficient (Wildman–Crippen LogP) is -0.124. The summed E-state index contributed by atoms with van der Waals surface area (Å²) < 4.78 is 4.63. The van der Waals surface area contributed by atoms with Crippen LogP contribution >= 0.6 is 0 Å². The fourth-order valence-electron chi connectivity index (χ4n) is 1.68. The molecule has 0 spiro atoms. The van der Waals surface area contributed by atoms with Gasteiger partial charge < -0.3 is 15.8 Å². The maximum Gasteiger partial charge on any atom is 0.305 e. The predicted molar refractivity (Wildman–Crippen MR) is 50.2 cm³/mol. The van der Waals surface area contributed by atoms with Crippen LogP contribution < -0.4 is 11.1 Å². The van der Waals surface area contributed by atoms with E-state index in [0.717, 1.165) is 25.9 Å². The molecule has 1 fully saturated rings. The molecule has 4 heteroatoms. The lowest BCUT2D eigenvalue weighted by Gasteiger charge is -2.19. The first-order chi connectivity index (χ1) is 6.24. The van der Waals surface area contributed by atoms with E-state index in [1.54, 1.807) is 0 Å². The van der Waals surface area contributed by atoms with Crippen LogP contribution in [0.3, 0.4) is 0 Å². The van der Waals surface area contributed by atoms with Crippen LogP contribution in [-0.2, 0) is 9.53 Å². The van der Waals surface area contributed by atoms with Gasteiger partial charge in [-0.1, -0.05) is 0 Å². The van der Waals surface area contributed by atoms with E-state index in [0.29, 0.717) is 6.42 Å². The highest BCUT2D eigenvalue weighted by Gasteiger charge is 2.22. The Bertz CT molecular complexity index is 173. The van der Waals surface area contributed by atoms with E-state index in [4.69, 9.17) is 5.73 Å². The lowest BCUT2D eigenvalue weighted by Crippen LogP contribution is -2.31. The summed E-state index contributed by atoms with van der Waals surface area (Å²) in [5.74, 6) is 0.129. The van der Waals surface area contributed by atoms with E-state index in [1.165, 1.54) is 7.11 Å². The molecule has 76 valence electrons. The summed E-state index contributed by atoms with van der Waals surface area (Å²) >= 11 is 0. The Morgan fingerprint density at radius 1 is 1.54 bits per heavy atom. The summed E-state index contributed by atoms with van der Waals surface area (Å²) in [5, 5.41) is 3.27. The third-order valence-corrected chi connectivity index (χ3v) is 2.61. The number of ether oxygens (including phenoxy) is 1. The lowest BCUT2D eigenvalue weighted by molar-refractivity contribution is -0.141. The van der Waals surface area contributed by atoms with E-state index in [9.17, 15) is 4.79 Å². The number of esters is 1. The van der Waals surface area contributed by atoms with E-state index in [2.05, 4.69) is 10.1 Å². The Kier molecular flexibility index (Phi) is 4.18. The number of hydrogen-bond donors (Lipinski definition) is 2. The molecule has 1 aliphatic rings. The Hall–Kier alpha value is -0.610. The maximum atomic E-state index is 11.0. The van der Waals surface area contributed by atoms with Gasteiger partial charge in [0.05, 0.1) is 7.11 Å². The fourth-order valence-corrected chi connectivity index (χ4v) is 1.68. The summed E-state index contributed by atoms with van der Waals surface area (Å²) in [6.45, 7) is 1.91. The van der Waals surface area contributed by atoms with Crippen LogP contribution in [0.1, 0.15) is 19.3 Å². The average molecular weight is 186 g/mol. The molecule has 1 aliphatic heterocycles. The monoisotopic (exact) mass is 186 g/mol. The molecule has 1 rings (SSSR count). The number of nitrogens with one attached hydrogen (secondary N) is 1. The number of rotatable bonds is 2. The summed E-state index contributed by atoms with van der Waals surface area (Å²) in [5.41, 5.74) is 5.93. The molecule has 0 amide bonds. The van der Waals surface area contributed by atoms with Crippen molar-refractivity contribution >= 4 is 5.97 Å². The largest absolute Gasteiger partial charge is 0.469 e. The number of carbonyl (C=O) groups is 1. The summed E-state index contributed by atoms with van der Waals surface area (Å²) in [6, 6.07) is 0.133. The highest BCUT2D eigenvalue weighted by atomic mass is 16.5. The van der Waals surface area contributed by atoms with Crippen molar-refractivity contribution in [2.45, 2.75) is 25.3 Å². The normalized spacial score (nSPS) is 29.4. The topological polar surface area (TPSA) is 64.3 Å². The number of hydrogen-bond acceptors (Lipinski definition) is 4. The zero-order valence-electron chi connectivity index (χ0n) is 8.08. The molecule has 0 unspecified atom stereocenters. The van der Waals surface area contributed by atoms with Gasteiger partial charge in [0.2, 0.25) is 0 Å². The molecule has 13 heavy (non-hydrogen) atoms. The molecule has 0 aromatic carbocycles. The van der Waals surface area contributed by atoms with Crippen molar-refractivity contribution in [1.29, 1.82) is 0 Å². The molecule has 0 saturated carbocycles. The number of carbonyl (C=O) groups excluding carboxylic acids is 1. The molecular weight excluding hydrogens is 168 g/mol. The van der Waals surface area contributed by atoms with Crippen LogP contribution in [0, 0.1) is 5.92 Å². The maximum absolute atomic E-state index is 11.0. The summed E-state index contributed by atoms with van der Waals surface area (Å²) in [6.07, 6.45) is 2.37. The first-order valence-electron chi connectivity index (χ1n) is 4.77. The molecule has 3 N–H and O–H groups in total. The van der Waals surface area contributed by atoms with Crippen LogP contribution in [0.4, 0.5) is 0 Å². The Balaban J connectivity index is 2.40. The number of methoxy groups -OCH3 is 1. The van der Waals surface area contributed by atoms with Gasteiger partial charge in [-0.25, -0.2) is 0 Å². The van der Waals surface area contributed by atoms with Gasteiger partial charge >= 0.3 is 5.97 Å². The standard InChI is InChI=1S/C9H18N2O2/c1-13-9(12)6-7-2-4-11-5-3-8(7)10/h7-8,11H,2-6,10H2,1H3/t7-,8-/m1/s1. The Labute approximate surface area is 78.8 Å². The van der Waals surface area contributed by atoms with Crippen LogP contribution in [0.25, 0.3) is 0 Å². The Morgan fingerprint density at radius 2 is 2.23 bits per heavy atom. The molecule has 0 aliphatic carbocycles. The summed E-state index contributed by atoms with van der Waals surface area (Å²) in [7, 11) is 1.42. The molecule has 2 atom stereocenters. The van der Waals surface area contributed by atoms with Gasteiger partial charge in [-0.3, -0.25) is 4.79 Å². The third kappa shape index (κ3) is 3.32. The zero-order chi connectivity index (χ0) is 9.68. The van der Waals surface area contributed by atoms with Crippen molar-refractivity contribution in [3.63, 3.8) is 0 Å². The molecule has 1 saturated heterocycles. The Morgan fingerprint density at radius 3 is 2.92 bits per heavy atom. The minimum atomic E-state index is -0.151. The van der Waals surface area contributed by atoms with Crippen LogP contribution in [0.2, 0.25) is 0 Å². The molecule has 0 bridgehead atoms. The minimum Gasteiger partial charge on any atom is -0.469 e. The summed E-state index contributed by atoms with van der Waals surface area (Å²) in [4.78, 5) is 11.0. The second-order valence-electron chi connectivity index (χ2n) is 3.53. The molecule has 0 radical (unpaired) electrons. The highest BCUT2D eigenvalue weighted by Crippen LogP contribution is 2.16. The van der Waals surface area contributed by atoms with Gasteiger partial charge in [-0.2, -0.15) is 0 Å². The number of nitrogens with two attached hydrogens (primary N) is 1. The second-order valence-corrected chi connectivity index (χ2v) is 3.53. The van der Waals surface area contributed by atoms with Crippen LogP contribution in [-0.4, -0.2) is 32.2 Å². The van der Waals surface area contributed by atoms with Gasteiger partial charge in [0.25, 0.3) is 0 Å². The average Bonchev–Trinajstić information content (AvgIpc) is 2.32. The van der Waals surface area contributed by atoms with Crippen LogP contribution in [0.5, 0.6) is 0 Å². The van der Waals surface area contributed by atoms with Crippen molar-refractivity contribution in [2.24, 2.45) is 11.7 Å². The van der Waals surface area contributed by atoms with Gasteiger partial charge in [0, 0.05) is 12.5 Å². The molecule has 1 heterocycles. The van der Waals surface area contributed by atoms with Gasteiger partial charge in [-0.15, -0.1) is 0 Å². The second kappa shape index (κ2) is 5.19. The minimum absolute atomic E-state index is 0.133. The van der Waals surface area contributed by atoms with Gasteiger partial charge in [-0.05, 0) is 31.8 Å². The fraction of sp³-hybridized carbons (Fsp3) is 0.889. The van der Waals surface area contributed by atoms with Crippen molar-refractivity contribution in [2.75, 3.05) is 20.2 Å². The third-order valence-electron chi connectivity index (χ3n) is 2.61. The van der Waals surface area contributed by atoms with Crippen LogP contribution in [0.15, 0.2) is 0 Å². The van der Waals surface area contributed by atoms with E-state index >= 15 is 0 Å². The zero-order valence-corrected chi connectivity index (χ0v) is 8.08. The molecule has 4 nitrogen and oxygen atoms in total. The van der Waals surface area contributed by atoms with Gasteiger partial charge in [0.1, 0.15) is 0 Å². The molecular formula is C9H18N2O2. The van der Waals surface area contributed by atoms with Crippen molar-refractivity contribution in [1.82, 2.24) is 5.32 Å².